The van der Waals surface area contributed by atoms with Crippen molar-refractivity contribution in [3.8, 4) is 0 Å². The van der Waals surface area contributed by atoms with Crippen molar-refractivity contribution in [2.75, 3.05) is 10.6 Å². The Morgan fingerprint density at radius 2 is 2.19 bits per heavy atom. The van der Waals surface area contributed by atoms with E-state index in [1.54, 1.807) is 11.3 Å². The van der Waals surface area contributed by atoms with Gasteiger partial charge in [-0.15, -0.1) is 0 Å². The Kier molecular flexibility index (Phi) is 4.10. The van der Waals surface area contributed by atoms with Crippen molar-refractivity contribution in [1.82, 2.24) is 9.97 Å². The van der Waals surface area contributed by atoms with E-state index in [-0.39, 0.29) is 0 Å². The van der Waals surface area contributed by atoms with Crippen LogP contribution in [0.25, 0.3) is 0 Å². The van der Waals surface area contributed by atoms with Crippen LogP contribution in [0, 0.1) is 6.92 Å². The molecular weight excluding hydrogens is 280 g/mol. The summed E-state index contributed by atoms with van der Waals surface area (Å²) in [5, 5.41) is 4.34. The summed E-state index contributed by atoms with van der Waals surface area (Å²) in [6, 6.07) is 2.79. The monoisotopic (exact) mass is 302 g/mol. The molecule has 0 aromatic carbocycles. The minimum atomic E-state index is 0.604. The van der Waals surface area contributed by atoms with Crippen LogP contribution in [0.15, 0.2) is 16.8 Å². The number of nitrogens with zero attached hydrogens (tertiary/aromatic N) is 3. The molecule has 0 spiro atoms. The second-order valence-corrected chi connectivity index (χ2v) is 6.49. The van der Waals surface area contributed by atoms with Gasteiger partial charge in [-0.1, -0.05) is 6.92 Å². The van der Waals surface area contributed by atoms with E-state index < -0.39 is 0 Å². The number of thiophene rings is 1. The van der Waals surface area contributed by atoms with E-state index >= 15 is 0 Å². The number of anilines is 2. The van der Waals surface area contributed by atoms with E-state index in [2.05, 4.69) is 33.6 Å². The third-order valence-electron chi connectivity index (χ3n) is 3.87. The zero-order valence-corrected chi connectivity index (χ0v) is 13.5. The Hall–Kier alpha value is -1.62. The van der Waals surface area contributed by atoms with Crippen molar-refractivity contribution >= 4 is 23.0 Å². The van der Waals surface area contributed by atoms with Crippen LogP contribution in [0.1, 0.15) is 43.1 Å². The maximum absolute atomic E-state index is 6.11. The molecule has 0 aliphatic heterocycles. The van der Waals surface area contributed by atoms with E-state index in [9.17, 15) is 0 Å². The summed E-state index contributed by atoms with van der Waals surface area (Å²) < 4.78 is 0. The lowest BCUT2D eigenvalue weighted by atomic mass is 10.2. The van der Waals surface area contributed by atoms with Crippen molar-refractivity contribution in [3.63, 3.8) is 0 Å². The molecule has 0 saturated heterocycles. The molecule has 0 unspecified atom stereocenters. The summed E-state index contributed by atoms with van der Waals surface area (Å²) >= 11 is 1.74. The maximum atomic E-state index is 6.11. The summed E-state index contributed by atoms with van der Waals surface area (Å²) in [5.74, 6) is 2.52. The molecule has 1 aliphatic rings. The Bertz CT molecular complexity index is 605. The van der Waals surface area contributed by atoms with E-state index in [0.717, 1.165) is 36.6 Å². The van der Waals surface area contributed by atoms with Gasteiger partial charge in [-0.25, -0.2) is 9.97 Å². The molecule has 3 rings (SSSR count). The molecule has 0 radical (unpaired) electrons. The highest BCUT2D eigenvalue weighted by Crippen LogP contribution is 2.35. The van der Waals surface area contributed by atoms with Gasteiger partial charge in [0, 0.05) is 24.6 Å². The SMILES string of the molecule is CCCc1nc(N)c(C)c(N(Cc2ccsc2)C2CC2)n1. The van der Waals surface area contributed by atoms with Gasteiger partial charge in [0.15, 0.2) is 0 Å². The maximum Gasteiger partial charge on any atom is 0.137 e. The molecule has 112 valence electrons. The molecule has 2 aromatic rings. The number of hydrogen-bond donors (Lipinski definition) is 1. The molecule has 0 atom stereocenters. The van der Waals surface area contributed by atoms with Gasteiger partial charge >= 0.3 is 0 Å². The van der Waals surface area contributed by atoms with Crippen LogP contribution in [0.3, 0.4) is 0 Å². The quantitative estimate of drug-likeness (QED) is 0.886. The van der Waals surface area contributed by atoms with Crippen LogP contribution in [0.2, 0.25) is 0 Å². The molecule has 2 aromatic heterocycles. The fourth-order valence-electron chi connectivity index (χ4n) is 2.53. The third-order valence-corrected chi connectivity index (χ3v) is 4.60. The van der Waals surface area contributed by atoms with Crippen molar-refractivity contribution in [2.24, 2.45) is 0 Å². The fourth-order valence-corrected chi connectivity index (χ4v) is 3.19. The van der Waals surface area contributed by atoms with Crippen molar-refractivity contribution < 1.29 is 0 Å². The fraction of sp³-hybridized carbons (Fsp3) is 0.500. The molecule has 1 saturated carbocycles. The molecule has 1 fully saturated rings. The van der Waals surface area contributed by atoms with Crippen LogP contribution in [0.4, 0.5) is 11.6 Å². The highest BCUT2D eigenvalue weighted by Gasteiger charge is 2.31. The number of aromatic nitrogens is 2. The van der Waals surface area contributed by atoms with Gasteiger partial charge in [0.25, 0.3) is 0 Å². The van der Waals surface area contributed by atoms with Gasteiger partial charge in [-0.3, -0.25) is 0 Å². The number of nitrogen functional groups attached to an aromatic ring is 1. The molecule has 21 heavy (non-hydrogen) atoms. The van der Waals surface area contributed by atoms with Gasteiger partial charge in [0.2, 0.25) is 0 Å². The first-order valence-corrected chi connectivity index (χ1v) is 8.54. The van der Waals surface area contributed by atoms with Gasteiger partial charge in [0.1, 0.15) is 17.5 Å². The lowest BCUT2D eigenvalue weighted by molar-refractivity contribution is 0.753. The molecule has 5 heteroatoms. The Labute approximate surface area is 130 Å². The first-order valence-electron chi connectivity index (χ1n) is 7.59. The standard InChI is InChI=1S/C16H22N4S/c1-3-4-14-18-15(17)11(2)16(19-14)20(13-5-6-13)9-12-7-8-21-10-12/h7-8,10,13H,3-6,9H2,1-2H3,(H2,17,18,19). The summed E-state index contributed by atoms with van der Waals surface area (Å²) in [7, 11) is 0. The smallest absolute Gasteiger partial charge is 0.137 e. The number of nitrogens with two attached hydrogens (primary N) is 1. The molecule has 4 nitrogen and oxygen atoms in total. The first kappa shape index (κ1) is 14.3. The zero-order chi connectivity index (χ0) is 14.8. The topological polar surface area (TPSA) is 55.0 Å². The normalized spacial score (nSPS) is 14.4. The molecule has 2 N–H and O–H groups in total. The third kappa shape index (κ3) is 3.18. The van der Waals surface area contributed by atoms with Crippen molar-refractivity contribution in [3.05, 3.63) is 33.8 Å². The minimum absolute atomic E-state index is 0.604. The lowest BCUT2D eigenvalue weighted by Crippen LogP contribution is -2.27. The molecule has 0 amide bonds. The van der Waals surface area contributed by atoms with Crippen LogP contribution in [-0.2, 0) is 13.0 Å². The Morgan fingerprint density at radius 3 is 2.81 bits per heavy atom. The summed E-state index contributed by atoms with van der Waals surface area (Å²) in [6.45, 7) is 5.09. The van der Waals surface area contributed by atoms with Crippen molar-refractivity contribution in [1.29, 1.82) is 0 Å². The lowest BCUT2D eigenvalue weighted by Gasteiger charge is -2.25. The average molecular weight is 302 g/mol. The highest BCUT2D eigenvalue weighted by atomic mass is 32.1. The van der Waals surface area contributed by atoms with E-state index in [1.807, 2.05) is 6.92 Å². The van der Waals surface area contributed by atoms with Gasteiger partial charge < -0.3 is 10.6 Å². The number of rotatable bonds is 6. The van der Waals surface area contributed by atoms with Gasteiger partial charge in [0.05, 0.1) is 0 Å². The van der Waals surface area contributed by atoms with Crippen LogP contribution in [0.5, 0.6) is 0 Å². The largest absolute Gasteiger partial charge is 0.383 e. The van der Waals surface area contributed by atoms with Gasteiger partial charge in [-0.05, 0) is 48.6 Å². The predicted molar refractivity (Wildman–Crippen MR) is 88.7 cm³/mol. The average Bonchev–Trinajstić information content (AvgIpc) is 3.18. The van der Waals surface area contributed by atoms with Crippen molar-refractivity contribution in [2.45, 2.75) is 52.1 Å². The molecule has 0 bridgehead atoms. The zero-order valence-electron chi connectivity index (χ0n) is 12.7. The number of aryl methyl sites for hydroxylation is 1. The highest BCUT2D eigenvalue weighted by molar-refractivity contribution is 7.07. The Morgan fingerprint density at radius 1 is 1.38 bits per heavy atom. The van der Waals surface area contributed by atoms with Crippen LogP contribution < -0.4 is 10.6 Å². The number of hydrogen-bond acceptors (Lipinski definition) is 5. The molecule has 1 aliphatic carbocycles. The summed E-state index contributed by atoms with van der Waals surface area (Å²) in [5.41, 5.74) is 8.47. The second kappa shape index (κ2) is 6.02. The molecule has 2 heterocycles. The molecular formula is C16H22N4S. The minimum Gasteiger partial charge on any atom is -0.383 e. The van der Waals surface area contributed by atoms with E-state index in [4.69, 9.17) is 10.7 Å². The van der Waals surface area contributed by atoms with Gasteiger partial charge in [-0.2, -0.15) is 11.3 Å². The predicted octanol–water partition coefficient (Wildman–Crippen LogP) is 3.55. The summed E-state index contributed by atoms with van der Waals surface area (Å²) in [4.78, 5) is 11.6. The second-order valence-electron chi connectivity index (χ2n) is 5.71. The van der Waals surface area contributed by atoms with Crippen LogP contribution in [-0.4, -0.2) is 16.0 Å². The first-order chi connectivity index (χ1) is 10.2. The van der Waals surface area contributed by atoms with E-state index in [1.165, 1.54) is 18.4 Å². The van der Waals surface area contributed by atoms with Crippen LogP contribution >= 0.6 is 11.3 Å². The van der Waals surface area contributed by atoms with E-state index in [0.29, 0.717) is 11.9 Å². The Balaban J connectivity index is 1.94. The summed E-state index contributed by atoms with van der Waals surface area (Å²) in [6.07, 6.45) is 4.41.